The van der Waals surface area contributed by atoms with Gasteiger partial charge in [0, 0.05) is 26.2 Å². The Morgan fingerprint density at radius 1 is 1.14 bits per heavy atom. The van der Waals surface area contributed by atoms with Crippen LogP contribution in [0.2, 0.25) is 0 Å². The molecule has 0 bridgehead atoms. The molecule has 1 amide bonds. The second-order valence-corrected chi connectivity index (χ2v) is 5.50. The van der Waals surface area contributed by atoms with E-state index in [9.17, 15) is 9.59 Å². The number of carbonyl (C=O) groups is 2. The molecule has 2 unspecified atom stereocenters. The van der Waals surface area contributed by atoms with Crippen molar-refractivity contribution in [1.29, 1.82) is 0 Å². The fourth-order valence-electron chi connectivity index (χ4n) is 2.58. The van der Waals surface area contributed by atoms with Crippen molar-refractivity contribution in [3.8, 4) is 0 Å². The van der Waals surface area contributed by atoms with Gasteiger partial charge in [0.25, 0.3) is 0 Å². The molecule has 2 atom stereocenters. The lowest BCUT2D eigenvalue weighted by molar-refractivity contribution is -0.144. The lowest BCUT2D eigenvalue weighted by atomic mass is 9.81. The summed E-state index contributed by atoms with van der Waals surface area (Å²) in [4.78, 5) is 23.0. The second-order valence-electron chi connectivity index (χ2n) is 5.50. The topological polar surface area (TPSA) is 84.9 Å². The Balaban J connectivity index is 2.06. The third-order valence-corrected chi connectivity index (χ3v) is 3.84. The minimum Gasteiger partial charge on any atom is -0.481 e. The number of carboxylic acids is 1. The van der Waals surface area contributed by atoms with E-state index in [0.717, 1.165) is 25.7 Å². The first kappa shape index (κ1) is 17.9. The average Bonchev–Trinajstić information content (AvgIpc) is 2.49. The van der Waals surface area contributed by atoms with E-state index in [1.165, 1.54) is 0 Å². The van der Waals surface area contributed by atoms with Crippen molar-refractivity contribution in [3.05, 3.63) is 0 Å². The van der Waals surface area contributed by atoms with Crippen LogP contribution in [0.3, 0.4) is 0 Å². The molecule has 1 aliphatic carbocycles. The summed E-state index contributed by atoms with van der Waals surface area (Å²) < 4.78 is 10.2. The van der Waals surface area contributed by atoms with Crippen LogP contribution in [0.4, 0.5) is 0 Å². The van der Waals surface area contributed by atoms with Crippen molar-refractivity contribution in [1.82, 2.24) is 5.32 Å². The van der Waals surface area contributed by atoms with Gasteiger partial charge in [0.05, 0.1) is 19.1 Å². The Bertz CT molecular complexity index is 321. The van der Waals surface area contributed by atoms with Crippen LogP contribution < -0.4 is 5.32 Å². The first-order valence-corrected chi connectivity index (χ1v) is 7.72. The van der Waals surface area contributed by atoms with E-state index in [1.807, 2.05) is 0 Å². The summed E-state index contributed by atoms with van der Waals surface area (Å²) in [5.74, 6) is -1.27. The summed E-state index contributed by atoms with van der Waals surface area (Å²) in [6, 6.07) is 0. The van der Waals surface area contributed by atoms with Crippen molar-refractivity contribution in [2.24, 2.45) is 11.8 Å². The molecule has 1 aliphatic rings. The van der Waals surface area contributed by atoms with E-state index in [-0.39, 0.29) is 17.7 Å². The van der Waals surface area contributed by atoms with E-state index in [1.54, 1.807) is 7.11 Å². The van der Waals surface area contributed by atoms with Crippen LogP contribution in [0.5, 0.6) is 0 Å². The van der Waals surface area contributed by atoms with Gasteiger partial charge in [-0.05, 0) is 32.1 Å². The molecule has 0 saturated heterocycles. The maximum Gasteiger partial charge on any atom is 0.306 e. The Morgan fingerprint density at radius 2 is 1.90 bits per heavy atom. The molecule has 0 aromatic rings. The summed E-state index contributed by atoms with van der Waals surface area (Å²) in [6.07, 6.45) is 4.55. The zero-order valence-corrected chi connectivity index (χ0v) is 12.8. The molecule has 1 rings (SSSR count). The molecular weight excluding hydrogens is 274 g/mol. The lowest BCUT2D eigenvalue weighted by Gasteiger charge is -2.25. The van der Waals surface area contributed by atoms with Crippen LogP contribution in [0.25, 0.3) is 0 Å². The molecule has 122 valence electrons. The molecule has 6 heteroatoms. The van der Waals surface area contributed by atoms with Crippen molar-refractivity contribution in [3.63, 3.8) is 0 Å². The van der Waals surface area contributed by atoms with Crippen LogP contribution in [0, 0.1) is 11.8 Å². The second kappa shape index (κ2) is 10.6. The fraction of sp³-hybridized carbons (Fsp3) is 0.867. The highest BCUT2D eigenvalue weighted by molar-refractivity contribution is 5.80. The van der Waals surface area contributed by atoms with Gasteiger partial charge in [-0.3, -0.25) is 9.59 Å². The smallest absolute Gasteiger partial charge is 0.306 e. The maximum atomic E-state index is 12.0. The number of hydrogen-bond acceptors (Lipinski definition) is 4. The zero-order chi connectivity index (χ0) is 15.5. The fourth-order valence-corrected chi connectivity index (χ4v) is 2.58. The Labute approximate surface area is 126 Å². The highest BCUT2D eigenvalue weighted by Gasteiger charge is 2.30. The van der Waals surface area contributed by atoms with Crippen molar-refractivity contribution in [2.45, 2.75) is 38.5 Å². The van der Waals surface area contributed by atoms with Crippen molar-refractivity contribution >= 4 is 11.9 Å². The van der Waals surface area contributed by atoms with Crippen LogP contribution in [0.15, 0.2) is 0 Å². The van der Waals surface area contributed by atoms with Gasteiger partial charge in [0.15, 0.2) is 0 Å². The van der Waals surface area contributed by atoms with Crippen molar-refractivity contribution < 1.29 is 24.2 Å². The van der Waals surface area contributed by atoms with Gasteiger partial charge in [-0.2, -0.15) is 0 Å². The number of methoxy groups -OCH3 is 1. The van der Waals surface area contributed by atoms with Gasteiger partial charge in [0.1, 0.15) is 0 Å². The summed E-state index contributed by atoms with van der Waals surface area (Å²) in [5, 5.41) is 11.9. The Kier molecular flexibility index (Phi) is 9.01. The van der Waals surface area contributed by atoms with Gasteiger partial charge < -0.3 is 19.9 Å². The minimum absolute atomic E-state index is 0.00116. The van der Waals surface area contributed by atoms with Gasteiger partial charge in [-0.25, -0.2) is 0 Å². The van der Waals surface area contributed by atoms with Crippen LogP contribution in [-0.4, -0.2) is 50.5 Å². The number of rotatable bonds is 10. The zero-order valence-electron chi connectivity index (χ0n) is 12.8. The first-order chi connectivity index (χ1) is 10.1. The van der Waals surface area contributed by atoms with E-state index in [4.69, 9.17) is 14.6 Å². The van der Waals surface area contributed by atoms with Gasteiger partial charge in [-0.15, -0.1) is 0 Å². The summed E-state index contributed by atoms with van der Waals surface area (Å²) in [7, 11) is 1.64. The predicted octanol–water partition coefficient (Wildman–Crippen LogP) is 1.44. The van der Waals surface area contributed by atoms with Crippen LogP contribution >= 0.6 is 0 Å². The molecule has 6 nitrogen and oxygen atoms in total. The van der Waals surface area contributed by atoms with E-state index in [0.29, 0.717) is 39.2 Å². The van der Waals surface area contributed by atoms with E-state index >= 15 is 0 Å². The summed E-state index contributed by atoms with van der Waals surface area (Å²) in [5.41, 5.74) is 0. The summed E-state index contributed by atoms with van der Waals surface area (Å²) in [6.45, 7) is 2.50. The molecular formula is C15H27NO5. The molecule has 0 radical (unpaired) electrons. The normalized spacial score (nSPS) is 22.0. The number of carbonyl (C=O) groups excluding carboxylic acids is 1. The highest BCUT2D eigenvalue weighted by Crippen LogP contribution is 2.29. The molecule has 0 spiro atoms. The number of ether oxygens (including phenoxy) is 2. The number of hydrogen-bond donors (Lipinski definition) is 2. The van der Waals surface area contributed by atoms with Gasteiger partial charge in [0.2, 0.25) is 5.91 Å². The predicted molar refractivity (Wildman–Crippen MR) is 78.0 cm³/mol. The Hall–Kier alpha value is -1.14. The molecule has 2 N–H and O–H groups in total. The quantitative estimate of drug-likeness (QED) is 0.596. The average molecular weight is 301 g/mol. The third-order valence-electron chi connectivity index (χ3n) is 3.84. The highest BCUT2D eigenvalue weighted by atomic mass is 16.5. The van der Waals surface area contributed by atoms with Crippen LogP contribution in [0.1, 0.15) is 38.5 Å². The number of unbranched alkanes of at least 4 members (excludes halogenated alkanes) is 1. The SMILES string of the molecule is COCCOCCCCNC(=O)C1CCCC(C(=O)O)C1. The van der Waals surface area contributed by atoms with Gasteiger partial charge in [-0.1, -0.05) is 6.42 Å². The third kappa shape index (κ3) is 7.43. The molecule has 0 aromatic heterocycles. The van der Waals surface area contributed by atoms with Crippen molar-refractivity contribution in [2.75, 3.05) is 33.5 Å². The van der Waals surface area contributed by atoms with Crippen LogP contribution in [-0.2, 0) is 19.1 Å². The number of aliphatic carboxylic acids is 1. The molecule has 0 aromatic carbocycles. The van der Waals surface area contributed by atoms with Gasteiger partial charge >= 0.3 is 5.97 Å². The minimum atomic E-state index is -0.777. The lowest BCUT2D eigenvalue weighted by Crippen LogP contribution is -2.35. The Morgan fingerprint density at radius 3 is 2.62 bits per heavy atom. The maximum absolute atomic E-state index is 12.0. The molecule has 21 heavy (non-hydrogen) atoms. The molecule has 0 heterocycles. The molecule has 1 fully saturated rings. The molecule has 1 saturated carbocycles. The first-order valence-electron chi connectivity index (χ1n) is 7.72. The standard InChI is InChI=1S/C15H27NO5/c1-20-9-10-21-8-3-2-7-16-14(17)12-5-4-6-13(11-12)15(18)19/h12-13H,2-11H2,1H3,(H,16,17)(H,18,19). The largest absolute Gasteiger partial charge is 0.481 e. The van der Waals surface area contributed by atoms with E-state index < -0.39 is 5.97 Å². The number of amides is 1. The number of carboxylic acid groups (broad SMARTS) is 1. The molecule has 0 aliphatic heterocycles. The monoisotopic (exact) mass is 301 g/mol. The number of nitrogens with one attached hydrogen (secondary N) is 1. The van der Waals surface area contributed by atoms with E-state index in [2.05, 4.69) is 5.32 Å². The summed E-state index contributed by atoms with van der Waals surface area (Å²) >= 11 is 0.